The Kier molecular flexibility index (Phi) is 43.5. The zero-order valence-corrected chi connectivity index (χ0v) is 35.7. The summed E-state index contributed by atoms with van der Waals surface area (Å²) in [7, 11) is 0. The Balaban J connectivity index is 3.48. The van der Waals surface area contributed by atoms with Gasteiger partial charge in [0.05, 0.1) is 6.61 Å². The molecule has 0 spiro atoms. The van der Waals surface area contributed by atoms with Crippen molar-refractivity contribution in [2.24, 2.45) is 0 Å². The second kappa shape index (κ2) is 45.3. The number of aliphatic hydroxyl groups is 1. The smallest absolute Gasteiger partial charge is 0.306 e. The van der Waals surface area contributed by atoms with Gasteiger partial charge in [-0.1, -0.05) is 217 Å². The summed E-state index contributed by atoms with van der Waals surface area (Å²) < 4.78 is 10.6. The lowest BCUT2D eigenvalue weighted by molar-refractivity contribution is -0.161. The summed E-state index contributed by atoms with van der Waals surface area (Å²) in [6.07, 6.45) is 57.7. The second-order valence-corrected chi connectivity index (χ2v) is 15.5. The number of carbonyl (C=O) groups is 2. The van der Waals surface area contributed by atoms with Crippen molar-refractivity contribution in [2.45, 2.75) is 238 Å². The molecule has 1 atom stereocenters. The van der Waals surface area contributed by atoms with Crippen LogP contribution < -0.4 is 0 Å². The molecule has 314 valence electrons. The van der Waals surface area contributed by atoms with Crippen molar-refractivity contribution < 1.29 is 24.2 Å². The highest BCUT2D eigenvalue weighted by Crippen LogP contribution is 2.15. The first-order chi connectivity index (χ1) is 26.6. The molecule has 5 nitrogen and oxygen atoms in total. The van der Waals surface area contributed by atoms with Gasteiger partial charge >= 0.3 is 11.9 Å². The Morgan fingerprint density at radius 3 is 1.20 bits per heavy atom. The van der Waals surface area contributed by atoms with Crippen LogP contribution in [0.2, 0.25) is 0 Å². The van der Waals surface area contributed by atoms with Gasteiger partial charge in [0, 0.05) is 12.8 Å². The Hall–Kier alpha value is -2.14. The SMILES string of the molecule is CC/C=C\C/C=C\C/C=C\C/C=C\CCCCCCCCCCCCCCCCC(=O)OC(CO)COC(=O)CCCCCCCCCCCCCCC. The van der Waals surface area contributed by atoms with E-state index < -0.39 is 6.10 Å². The van der Waals surface area contributed by atoms with E-state index in [0.717, 1.165) is 64.2 Å². The first-order valence-corrected chi connectivity index (χ1v) is 23.2. The number of carbonyl (C=O) groups excluding carboxylic acids is 2. The van der Waals surface area contributed by atoms with Crippen LogP contribution in [0.3, 0.4) is 0 Å². The standard InChI is InChI=1S/C49H88O5/c1-3-5-7-9-11-13-15-17-18-19-20-21-22-23-24-25-26-27-28-29-30-32-34-36-38-40-42-44-49(52)54-47(45-50)46-53-48(51)43-41-39-37-35-33-31-16-14-12-10-8-6-4-2/h5,7,11,13,17-18,20-21,47,50H,3-4,6,8-10,12,14-16,19,22-46H2,1-2H3/b7-5-,13-11-,18-17-,21-20-. The Labute approximate surface area is 335 Å². The molecule has 0 aliphatic carbocycles. The van der Waals surface area contributed by atoms with Crippen molar-refractivity contribution in [3.63, 3.8) is 0 Å². The maximum Gasteiger partial charge on any atom is 0.306 e. The van der Waals surface area contributed by atoms with Crippen LogP contribution in [0, 0.1) is 0 Å². The molecule has 0 saturated carbocycles. The fraction of sp³-hybridized carbons (Fsp3) is 0.796. The molecule has 0 aromatic rings. The van der Waals surface area contributed by atoms with Gasteiger partial charge in [-0.2, -0.15) is 0 Å². The summed E-state index contributed by atoms with van der Waals surface area (Å²) in [4.78, 5) is 24.3. The number of ether oxygens (including phenoxy) is 2. The summed E-state index contributed by atoms with van der Waals surface area (Å²) >= 11 is 0. The first kappa shape index (κ1) is 51.9. The molecular formula is C49H88O5. The van der Waals surface area contributed by atoms with Crippen molar-refractivity contribution >= 4 is 11.9 Å². The van der Waals surface area contributed by atoms with Gasteiger partial charge in [0.2, 0.25) is 0 Å². The van der Waals surface area contributed by atoms with E-state index in [-0.39, 0.29) is 25.2 Å². The summed E-state index contributed by atoms with van der Waals surface area (Å²) in [5, 5.41) is 9.59. The third-order valence-electron chi connectivity index (χ3n) is 10.1. The zero-order chi connectivity index (χ0) is 39.3. The number of unbranched alkanes of at least 4 members (excludes halogenated alkanes) is 26. The number of allylic oxidation sites excluding steroid dienone is 8. The Morgan fingerprint density at radius 2 is 0.796 bits per heavy atom. The van der Waals surface area contributed by atoms with Crippen LogP contribution >= 0.6 is 0 Å². The Bertz CT molecular complexity index is 904. The monoisotopic (exact) mass is 757 g/mol. The average Bonchev–Trinajstić information content (AvgIpc) is 3.17. The third-order valence-corrected chi connectivity index (χ3v) is 10.1. The molecule has 1 N–H and O–H groups in total. The Morgan fingerprint density at radius 1 is 0.444 bits per heavy atom. The summed E-state index contributed by atoms with van der Waals surface area (Å²) in [6, 6.07) is 0. The van der Waals surface area contributed by atoms with Crippen molar-refractivity contribution in [1.82, 2.24) is 0 Å². The van der Waals surface area contributed by atoms with E-state index in [9.17, 15) is 14.7 Å². The number of hydrogen-bond donors (Lipinski definition) is 1. The number of rotatable bonds is 42. The molecule has 0 saturated heterocycles. The van der Waals surface area contributed by atoms with Crippen molar-refractivity contribution in [3.05, 3.63) is 48.6 Å². The molecule has 0 aliphatic rings. The van der Waals surface area contributed by atoms with Crippen molar-refractivity contribution in [1.29, 1.82) is 0 Å². The van der Waals surface area contributed by atoms with E-state index in [4.69, 9.17) is 9.47 Å². The number of hydrogen-bond acceptors (Lipinski definition) is 5. The van der Waals surface area contributed by atoms with Crippen molar-refractivity contribution in [3.8, 4) is 0 Å². The highest BCUT2D eigenvalue weighted by molar-refractivity contribution is 5.70. The molecule has 1 unspecified atom stereocenters. The number of esters is 2. The van der Waals surface area contributed by atoms with Crippen LogP contribution in [0.1, 0.15) is 232 Å². The third kappa shape index (κ3) is 42.6. The molecule has 0 aromatic carbocycles. The van der Waals surface area contributed by atoms with Gasteiger partial charge in [0.15, 0.2) is 6.10 Å². The maximum absolute atomic E-state index is 12.2. The maximum atomic E-state index is 12.2. The molecule has 0 amide bonds. The molecule has 0 fully saturated rings. The van der Waals surface area contributed by atoms with Crippen LogP contribution in [0.15, 0.2) is 48.6 Å². The highest BCUT2D eigenvalue weighted by Gasteiger charge is 2.16. The number of aliphatic hydroxyl groups excluding tert-OH is 1. The topological polar surface area (TPSA) is 72.8 Å². The summed E-state index contributed by atoms with van der Waals surface area (Å²) in [6.45, 7) is 4.04. The minimum Gasteiger partial charge on any atom is -0.462 e. The second-order valence-electron chi connectivity index (χ2n) is 15.5. The van der Waals surface area contributed by atoms with E-state index in [0.29, 0.717) is 12.8 Å². The van der Waals surface area contributed by atoms with Gasteiger partial charge in [-0.25, -0.2) is 0 Å². The van der Waals surface area contributed by atoms with Crippen LogP contribution in [0.5, 0.6) is 0 Å². The zero-order valence-electron chi connectivity index (χ0n) is 35.7. The normalized spacial score (nSPS) is 12.6. The molecule has 0 bridgehead atoms. The lowest BCUT2D eigenvalue weighted by Crippen LogP contribution is -2.28. The van der Waals surface area contributed by atoms with Crippen molar-refractivity contribution in [2.75, 3.05) is 13.2 Å². The lowest BCUT2D eigenvalue weighted by atomic mass is 10.0. The van der Waals surface area contributed by atoms with E-state index in [1.54, 1.807) is 0 Å². The van der Waals surface area contributed by atoms with Crippen LogP contribution in [0.4, 0.5) is 0 Å². The first-order valence-electron chi connectivity index (χ1n) is 23.2. The van der Waals surface area contributed by atoms with E-state index >= 15 is 0 Å². The molecule has 5 heteroatoms. The van der Waals surface area contributed by atoms with Crippen LogP contribution in [-0.4, -0.2) is 36.4 Å². The van der Waals surface area contributed by atoms with E-state index in [1.165, 1.54) is 141 Å². The summed E-state index contributed by atoms with van der Waals surface area (Å²) in [5.74, 6) is -0.583. The largest absolute Gasteiger partial charge is 0.462 e. The van der Waals surface area contributed by atoms with E-state index in [1.807, 2.05) is 0 Å². The van der Waals surface area contributed by atoms with Gasteiger partial charge < -0.3 is 14.6 Å². The molecule has 0 aliphatic heterocycles. The predicted molar refractivity (Wildman–Crippen MR) is 233 cm³/mol. The van der Waals surface area contributed by atoms with Gasteiger partial charge in [0.25, 0.3) is 0 Å². The molecule has 0 radical (unpaired) electrons. The van der Waals surface area contributed by atoms with Crippen LogP contribution in [-0.2, 0) is 19.1 Å². The quantitative estimate of drug-likeness (QED) is 0.0381. The molecule has 0 heterocycles. The average molecular weight is 757 g/mol. The molecule has 0 rings (SSSR count). The van der Waals surface area contributed by atoms with Gasteiger partial charge in [0.1, 0.15) is 6.61 Å². The fourth-order valence-corrected chi connectivity index (χ4v) is 6.66. The van der Waals surface area contributed by atoms with Gasteiger partial charge in [-0.05, 0) is 51.4 Å². The summed E-state index contributed by atoms with van der Waals surface area (Å²) in [5.41, 5.74) is 0. The molecule has 54 heavy (non-hydrogen) atoms. The highest BCUT2D eigenvalue weighted by atomic mass is 16.6. The molecular weight excluding hydrogens is 669 g/mol. The van der Waals surface area contributed by atoms with Gasteiger partial charge in [-0.15, -0.1) is 0 Å². The molecule has 0 aromatic heterocycles. The van der Waals surface area contributed by atoms with Gasteiger partial charge in [-0.3, -0.25) is 9.59 Å². The minimum atomic E-state index is -0.769. The van der Waals surface area contributed by atoms with E-state index in [2.05, 4.69) is 62.5 Å². The predicted octanol–water partition coefficient (Wildman–Crippen LogP) is 15.0. The lowest BCUT2D eigenvalue weighted by Gasteiger charge is -2.15. The fourth-order valence-electron chi connectivity index (χ4n) is 6.66. The minimum absolute atomic E-state index is 0.0627. The van der Waals surface area contributed by atoms with Crippen LogP contribution in [0.25, 0.3) is 0 Å².